The summed E-state index contributed by atoms with van der Waals surface area (Å²) < 4.78 is 5.70. The van der Waals surface area contributed by atoms with E-state index in [1.165, 1.54) is 30.4 Å². The molecule has 5 heteroatoms. The zero-order valence-corrected chi connectivity index (χ0v) is 17.1. The largest absolute Gasteiger partial charge is 0.494 e. The van der Waals surface area contributed by atoms with Gasteiger partial charge in [0.1, 0.15) is 5.75 Å². The van der Waals surface area contributed by atoms with Gasteiger partial charge >= 0.3 is 0 Å². The van der Waals surface area contributed by atoms with Crippen LogP contribution in [0.5, 0.6) is 5.75 Å². The van der Waals surface area contributed by atoms with Crippen LogP contribution >= 0.6 is 12.2 Å². The summed E-state index contributed by atoms with van der Waals surface area (Å²) in [6.07, 6.45) is 4.68. The lowest BCUT2D eigenvalue weighted by Gasteiger charge is -2.11. The van der Waals surface area contributed by atoms with Gasteiger partial charge in [0.2, 0.25) is 0 Å². The average molecular weight is 385 g/mol. The van der Waals surface area contributed by atoms with Crippen molar-refractivity contribution in [3.05, 3.63) is 59.2 Å². The van der Waals surface area contributed by atoms with Gasteiger partial charge in [-0.2, -0.15) is 0 Å². The Morgan fingerprint density at radius 3 is 2.41 bits per heavy atom. The van der Waals surface area contributed by atoms with Gasteiger partial charge in [-0.05, 0) is 80.0 Å². The second-order valence-corrected chi connectivity index (χ2v) is 7.05. The SMILES string of the molecule is CCCCCCOc1ccc(C(=O)NC(=S)Nc2ccc(C)c(C)c2)cc1. The standard InChI is InChI=1S/C22H28N2O2S/c1-4-5-6-7-14-26-20-12-9-18(10-13-20)21(25)24-22(27)23-19-11-8-16(2)17(3)15-19/h8-13,15H,4-7,14H2,1-3H3,(H2,23,24,25,27). The van der Waals surface area contributed by atoms with Crippen molar-refractivity contribution in [1.82, 2.24) is 5.32 Å². The minimum Gasteiger partial charge on any atom is -0.494 e. The molecule has 2 aromatic rings. The number of nitrogens with one attached hydrogen (secondary N) is 2. The molecule has 0 unspecified atom stereocenters. The Hall–Kier alpha value is -2.40. The molecule has 0 aliphatic carbocycles. The van der Waals surface area contributed by atoms with Crippen LogP contribution in [0.3, 0.4) is 0 Å². The van der Waals surface area contributed by atoms with E-state index in [0.717, 1.165) is 17.9 Å². The fraction of sp³-hybridized carbons (Fsp3) is 0.364. The summed E-state index contributed by atoms with van der Waals surface area (Å²) in [5, 5.41) is 6.02. The molecule has 144 valence electrons. The maximum absolute atomic E-state index is 12.3. The van der Waals surface area contributed by atoms with Crippen LogP contribution in [0.25, 0.3) is 0 Å². The summed E-state index contributed by atoms with van der Waals surface area (Å²) in [7, 11) is 0. The Morgan fingerprint density at radius 1 is 1.00 bits per heavy atom. The number of rotatable bonds is 8. The summed E-state index contributed by atoms with van der Waals surface area (Å²) in [4.78, 5) is 12.3. The van der Waals surface area contributed by atoms with E-state index >= 15 is 0 Å². The van der Waals surface area contributed by atoms with Crippen molar-refractivity contribution < 1.29 is 9.53 Å². The number of anilines is 1. The van der Waals surface area contributed by atoms with Crippen molar-refractivity contribution >= 4 is 28.9 Å². The highest BCUT2D eigenvalue weighted by molar-refractivity contribution is 7.80. The Labute approximate surface area is 167 Å². The molecule has 1 amide bonds. The van der Waals surface area contributed by atoms with Gasteiger partial charge in [0.05, 0.1) is 6.61 Å². The first-order valence-corrected chi connectivity index (χ1v) is 9.83. The van der Waals surface area contributed by atoms with Crippen LogP contribution in [0.15, 0.2) is 42.5 Å². The molecule has 0 heterocycles. The van der Waals surface area contributed by atoms with Crippen molar-refractivity contribution in [3.8, 4) is 5.75 Å². The molecule has 0 saturated heterocycles. The van der Waals surface area contributed by atoms with Gasteiger partial charge in [0, 0.05) is 11.3 Å². The maximum Gasteiger partial charge on any atom is 0.257 e. The fourth-order valence-corrected chi connectivity index (χ4v) is 2.79. The van der Waals surface area contributed by atoms with Crippen molar-refractivity contribution in [3.63, 3.8) is 0 Å². The first-order chi connectivity index (χ1) is 13.0. The molecule has 4 nitrogen and oxygen atoms in total. The van der Waals surface area contributed by atoms with Gasteiger partial charge in [-0.3, -0.25) is 10.1 Å². The lowest BCUT2D eigenvalue weighted by atomic mass is 10.1. The molecule has 0 bridgehead atoms. The molecule has 0 fully saturated rings. The van der Waals surface area contributed by atoms with E-state index in [1.807, 2.05) is 37.3 Å². The maximum atomic E-state index is 12.3. The van der Waals surface area contributed by atoms with Crippen molar-refractivity contribution in [1.29, 1.82) is 0 Å². The molecular weight excluding hydrogens is 356 g/mol. The number of benzene rings is 2. The summed E-state index contributed by atoms with van der Waals surface area (Å²) in [6, 6.07) is 13.1. The molecule has 0 aliphatic rings. The molecule has 2 rings (SSSR count). The number of hydrogen-bond donors (Lipinski definition) is 2. The van der Waals surface area contributed by atoms with Gasteiger partial charge in [0.15, 0.2) is 5.11 Å². The van der Waals surface area contributed by atoms with Crippen LogP contribution in [-0.2, 0) is 0 Å². The number of unbranched alkanes of at least 4 members (excludes halogenated alkanes) is 3. The van der Waals surface area contributed by atoms with E-state index in [9.17, 15) is 4.79 Å². The predicted octanol–water partition coefficient (Wildman–Crippen LogP) is 5.39. The van der Waals surface area contributed by atoms with Crippen LogP contribution < -0.4 is 15.4 Å². The number of aryl methyl sites for hydroxylation is 2. The summed E-state index contributed by atoms with van der Waals surface area (Å²) in [6.45, 7) is 6.98. The second kappa shape index (κ2) is 10.7. The Kier molecular flexibility index (Phi) is 8.27. The number of amides is 1. The number of carbonyl (C=O) groups is 1. The van der Waals surface area contributed by atoms with E-state index in [0.29, 0.717) is 12.2 Å². The van der Waals surface area contributed by atoms with Crippen LogP contribution in [0.1, 0.15) is 54.1 Å². The third kappa shape index (κ3) is 7.02. The van der Waals surface area contributed by atoms with E-state index in [2.05, 4.69) is 24.5 Å². The van der Waals surface area contributed by atoms with Gasteiger partial charge in [-0.1, -0.05) is 32.3 Å². The monoisotopic (exact) mass is 384 g/mol. The lowest BCUT2D eigenvalue weighted by Crippen LogP contribution is -2.34. The molecule has 0 saturated carbocycles. The molecule has 0 aromatic heterocycles. The van der Waals surface area contributed by atoms with Gasteiger partial charge in [-0.15, -0.1) is 0 Å². The van der Waals surface area contributed by atoms with Crippen molar-refractivity contribution in [2.24, 2.45) is 0 Å². The zero-order valence-electron chi connectivity index (χ0n) is 16.3. The molecular formula is C22H28N2O2S. The first-order valence-electron chi connectivity index (χ1n) is 9.42. The van der Waals surface area contributed by atoms with Crippen molar-refractivity contribution in [2.75, 3.05) is 11.9 Å². The highest BCUT2D eigenvalue weighted by Crippen LogP contribution is 2.15. The normalized spacial score (nSPS) is 10.3. The first kappa shape index (κ1) is 20.9. The minimum absolute atomic E-state index is 0.245. The molecule has 0 aliphatic heterocycles. The van der Waals surface area contributed by atoms with Crippen LogP contribution in [0.4, 0.5) is 5.69 Å². The third-order valence-corrected chi connectivity index (χ3v) is 4.58. The number of thiocarbonyl (C=S) groups is 1. The highest BCUT2D eigenvalue weighted by Gasteiger charge is 2.08. The third-order valence-electron chi connectivity index (χ3n) is 4.37. The lowest BCUT2D eigenvalue weighted by molar-refractivity contribution is 0.0977. The number of hydrogen-bond acceptors (Lipinski definition) is 3. The average Bonchev–Trinajstić information content (AvgIpc) is 2.65. The Bertz CT molecular complexity index is 772. The Morgan fingerprint density at radius 2 is 1.74 bits per heavy atom. The molecule has 2 aromatic carbocycles. The topological polar surface area (TPSA) is 50.4 Å². The van der Waals surface area contributed by atoms with E-state index in [-0.39, 0.29) is 11.0 Å². The second-order valence-electron chi connectivity index (χ2n) is 6.64. The smallest absolute Gasteiger partial charge is 0.257 e. The van der Waals surface area contributed by atoms with E-state index in [1.54, 1.807) is 12.1 Å². The summed E-state index contributed by atoms with van der Waals surface area (Å²) >= 11 is 5.24. The summed E-state index contributed by atoms with van der Waals surface area (Å²) in [5.41, 5.74) is 3.77. The van der Waals surface area contributed by atoms with E-state index < -0.39 is 0 Å². The number of carbonyl (C=O) groups excluding carboxylic acids is 1. The molecule has 27 heavy (non-hydrogen) atoms. The zero-order chi connectivity index (χ0) is 19.6. The molecule has 0 atom stereocenters. The van der Waals surface area contributed by atoms with E-state index in [4.69, 9.17) is 17.0 Å². The molecule has 0 spiro atoms. The van der Waals surface area contributed by atoms with Gasteiger partial charge in [-0.25, -0.2) is 0 Å². The molecule has 2 N–H and O–H groups in total. The van der Waals surface area contributed by atoms with Crippen LogP contribution in [-0.4, -0.2) is 17.6 Å². The Balaban J connectivity index is 1.82. The predicted molar refractivity (Wildman–Crippen MR) is 116 cm³/mol. The summed E-state index contributed by atoms with van der Waals surface area (Å²) in [5.74, 6) is 0.532. The van der Waals surface area contributed by atoms with Crippen LogP contribution in [0.2, 0.25) is 0 Å². The quantitative estimate of drug-likeness (QED) is 0.473. The van der Waals surface area contributed by atoms with Gasteiger partial charge in [0.25, 0.3) is 5.91 Å². The van der Waals surface area contributed by atoms with Crippen LogP contribution in [0, 0.1) is 13.8 Å². The number of ether oxygens (including phenoxy) is 1. The highest BCUT2D eigenvalue weighted by atomic mass is 32.1. The fourth-order valence-electron chi connectivity index (χ4n) is 2.58. The molecule has 0 radical (unpaired) electrons. The minimum atomic E-state index is -0.245. The van der Waals surface area contributed by atoms with Gasteiger partial charge < -0.3 is 10.1 Å². The van der Waals surface area contributed by atoms with Crippen molar-refractivity contribution in [2.45, 2.75) is 46.5 Å².